The molecule has 0 unspecified atom stereocenters. The van der Waals surface area contributed by atoms with Gasteiger partial charge in [0.2, 0.25) is 11.8 Å². The van der Waals surface area contributed by atoms with Gasteiger partial charge in [-0.25, -0.2) is 4.98 Å². The van der Waals surface area contributed by atoms with Gasteiger partial charge >= 0.3 is 0 Å². The smallest absolute Gasteiger partial charge is 0.225 e. The van der Waals surface area contributed by atoms with Crippen molar-refractivity contribution < 1.29 is 9.15 Å². The van der Waals surface area contributed by atoms with Gasteiger partial charge in [0.15, 0.2) is 11.4 Å². The summed E-state index contributed by atoms with van der Waals surface area (Å²) >= 11 is 0. The van der Waals surface area contributed by atoms with E-state index in [0.29, 0.717) is 23.2 Å². The van der Waals surface area contributed by atoms with Crippen LogP contribution in [-0.2, 0) is 0 Å². The monoisotopic (exact) mass is 476 g/mol. The number of hydrogen-bond acceptors (Lipinski definition) is 9. The van der Waals surface area contributed by atoms with Gasteiger partial charge in [-0.1, -0.05) is 6.92 Å². The SMILES string of the molecule is CCCOc1ccc(N2CCN(CCN(C)c3cc4nc(-c5ccco5)nn4c(N)n3)CC2)cc1. The fourth-order valence-electron chi connectivity index (χ4n) is 4.21. The number of nitrogens with zero attached hydrogens (tertiary/aromatic N) is 7. The van der Waals surface area contributed by atoms with E-state index < -0.39 is 0 Å². The number of hydrogen-bond donors (Lipinski definition) is 1. The van der Waals surface area contributed by atoms with Gasteiger partial charge in [0.1, 0.15) is 11.6 Å². The summed E-state index contributed by atoms with van der Waals surface area (Å²) in [6.45, 7) is 8.71. The van der Waals surface area contributed by atoms with Crippen LogP contribution >= 0.6 is 0 Å². The molecule has 3 aromatic heterocycles. The molecule has 1 fully saturated rings. The molecule has 1 aliphatic heterocycles. The zero-order valence-electron chi connectivity index (χ0n) is 20.3. The lowest BCUT2D eigenvalue weighted by molar-refractivity contribution is 0.263. The summed E-state index contributed by atoms with van der Waals surface area (Å²) in [5.41, 5.74) is 8.07. The minimum Gasteiger partial charge on any atom is -0.494 e. The van der Waals surface area contributed by atoms with Crippen LogP contribution in [0.15, 0.2) is 53.1 Å². The quantitative estimate of drug-likeness (QED) is 0.391. The van der Waals surface area contributed by atoms with Gasteiger partial charge in [-0.2, -0.15) is 9.50 Å². The summed E-state index contributed by atoms with van der Waals surface area (Å²) < 4.78 is 12.6. The van der Waals surface area contributed by atoms with Crippen LogP contribution in [0.4, 0.5) is 17.5 Å². The molecule has 1 saturated heterocycles. The average molecular weight is 477 g/mol. The van der Waals surface area contributed by atoms with Crippen molar-refractivity contribution in [2.75, 3.05) is 68.5 Å². The number of piperazine rings is 1. The molecule has 0 spiro atoms. The predicted molar refractivity (Wildman–Crippen MR) is 137 cm³/mol. The number of benzene rings is 1. The Kier molecular flexibility index (Phi) is 6.71. The third kappa shape index (κ3) is 5.17. The molecule has 0 bridgehead atoms. The molecule has 5 rings (SSSR count). The second-order valence-corrected chi connectivity index (χ2v) is 8.75. The Morgan fingerprint density at radius 1 is 1.09 bits per heavy atom. The topological polar surface area (TPSA) is 101 Å². The number of rotatable bonds is 9. The summed E-state index contributed by atoms with van der Waals surface area (Å²) in [5.74, 6) is 3.10. The van der Waals surface area contributed by atoms with Crippen LogP contribution in [0.2, 0.25) is 0 Å². The zero-order chi connectivity index (χ0) is 24.2. The summed E-state index contributed by atoms with van der Waals surface area (Å²) in [5, 5.41) is 4.41. The molecule has 4 heterocycles. The van der Waals surface area contributed by atoms with Crippen LogP contribution in [0.5, 0.6) is 5.75 Å². The van der Waals surface area contributed by atoms with Gasteiger partial charge in [-0.3, -0.25) is 4.90 Å². The number of nitrogen functional groups attached to an aromatic ring is 1. The molecule has 1 aliphatic rings. The van der Waals surface area contributed by atoms with Crippen LogP contribution in [0.3, 0.4) is 0 Å². The van der Waals surface area contributed by atoms with Crippen molar-refractivity contribution in [3.63, 3.8) is 0 Å². The highest BCUT2D eigenvalue weighted by molar-refractivity contribution is 5.59. The number of nitrogens with two attached hydrogens (primary N) is 1. The van der Waals surface area contributed by atoms with Crippen molar-refractivity contribution in [1.82, 2.24) is 24.5 Å². The van der Waals surface area contributed by atoms with Gasteiger partial charge in [0, 0.05) is 58.1 Å². The lowest BCUT2D eigenvalue weighted by atomic mass is 10.2. The second kappa shape index (κ2) is 10.2. The van der Waals surface area contributed by atoms with E-state index in [2.05, 4.69) is 61.0 Å². The number of likely N-dealkylation sites (N-methyl/N-ethyl adjacent to an activating group) is 1. The number of ether oxygens (including phenoxy) is 1. The van der Waals surface area contributed by atoms with E-state index in [4.69, 9.17) is 14.9 Å². The first kappa shape index (κ1) is 23.0. The van der Waals surface area contributed by atoms with Crippen molar-refractivity contribution in [3.8, 4) is 17.3 Å². The highest BCUT2D eigenvalue weighted by Gasteiger charge is 2.19. The van der Waals surface area contributed by atoms with E-state index in [0.717, 1.165) is 63.9 Å². The summed E-state index contributed by atoms with van der Waals surface area (Å²) in [7, 11) is 2.03. The van der Waals surface area contributed by atoms with Crippen LogP contribution < -0.4 is 20.3 Å². The Balaban J connectivity index is 1.15. The Morgan fingerprint density at radius 3 is 2.60 bits per heavy atom. The first-order chi connectivity index (χ1) is 17.1. The Hall–Kier alpha value is -3.79. The molecule has 0 aliphatic carbocycles. The van der Waals surface area contributed by atoms with E-state index in [1.807, 2.05) is 19.2 Å². The van der Waals surface area contributed by atoms with Crippen molar-refractivity contribution in [3.05, 3.63) is 48.7 Å². The van der Waals surface area contributed by atoms with Gasteiger partial charge in [0.05, 0.1) is 12.9 Å². The summed E-state index contributed by atoms with van der Waals surface area (Å²) in [6, 6.07) is 14.0. The number of fused-ring (bicyclic) bond motifs is 1. The summed E-state index contributed by atoms with van der Waals surface area (Å²) in [6.07, 6.45) is 2.62. The Morgan fingerprint density at radius 2 is 1.89 bits per heavy atom. The van der Waals surface area contributed by atoms with Crippen LogP contribution in [0.1, 0.15) is 13.3 Å². The van der Waals surface area contributed by atoms with Gasteiger partial charge in [-0.05, 0) is 42.8 Å². The third-order valence-electron chi connectivity index (χ3n) is 6.27. The minimum atomic E-state index is 0.300. The van der Waals surface area contributed by atoms with E-state index >= 15 is 0 Å². The molecule has 10 nitrogen and oxygen atoms in total. The fraction of sp³-hybridized carbons (Fsp3) is 0.400. The van der Waals surface area contributed by atoms with Crippen molar-refractivity contribution >= 4 is 23.1 Å². The van der Waals surface area contributed by atoms with E-state index in [9.17, 15) is 0 Å². The highest BCUT2D eigenvalue weighted by atomic mass is 16.5. The van der Waals surface area contributed by atoms with E-state index in [1.54, 1.807) is 12.3 Å². The van der Waals surface area contributed by atoms with Crippen molar-refractivity contribution in [2.45, 2.75) is 13.3 Å². The predicted octanol–water partition coefficient (Wildman–Crippen LogP) is 3.01. The molecule has 1 aromatic carbocycles. The first-order valence-electron chi connectivity index (χ1n) is 12.1. The molecule has 0 saturated carbocycles. The van der Waals surface area contributed by atoms with Crippen molar-refractivity contribution in [1.29, 1.82) is 0 Å². The molecular formula is C25H32N8O2. The second-order valence-electron chi connectivity index (χ2n) is 8.75. The molecule has 10 heteroatoms. The highest BCUT2D eigenvalue weighted by Crippen LogP contribution is 2.22. The van der Waals surface area contributed by atoms with Gasteiger partial charge < -0.3 is 24.7 Å². The molecule has 0 atom stereocenters. The molecule has 0 amide bonds. The maximum Gasteiger partial charge on any atom is 0.225 e. The molecule has 184 valence electrons. The molecule has 4 aromatic rings. The van der Waals surface area contributed by atoms with Crippen LogP contribution in [0, 0.1) is 0 Å². The van der Waals surface area contributed by atoms with Gasteiger partial charge in [-0.15, -0.1) is 5.10 Å². The number of anilines is 3. The average Bonchev–Trinajstić information content (AvgIpc) is 3.57. The lowest BCUT2D eigenvalue weighted by Crippen LogP contribution is -2.48. The first-order valence-corrected chi connectivity index (χ1v) is 12.1. The maximum absolute atomic E-state index is 6.17. The lowest BCUT2D eigenvalue weighted by Gasteiger charge is -2.36. The Labute approximate surface area is 204 Å². The molecular weight excluding hydrogens is 444 g/mol. The molecule has 35 heavy (non-hydrogen) atoms. The molecule has 2 N–H and O–H groups in total. The van der Waals surface area contributed by atoms with E-state index in [-0.39, 0.29) is 0 Å². The standard InChI is InChI=1S/C25H32N8O2/c1-3-16-34-20-8-6-19(7-9-20)32-14-12-31(13-15-32)11-10-30(2)22-18-23-27-24(21-5-4-17-35-21)29-33(23)25(26)28-22/h4-9,17-18H,3,10-16H2,1-2H3,(H2,26,28). The van der Waals surface area contributed by atoms with Crippen molar-refractivity contribution in [2.24, 2.45) is 0 Å². The van der Waals surface area contributed by atoms with E-state index in [1.165, 1.54) is 10.2 Å². The van der Waals surface area contributed by atoms with Crippen LogP contribution in [-0.4, -0.2) is 77.4 Å². The fourth-order valence-corrected chi connectivity index (χ4v) is 4.21. The maximum atomic E-state index is 6.17. The Bertz CT molecular complexity index is 1230. The summed E-state index contributed by atoms with van der Waals surface area (Å²) in [4.78, 5) is 16.1. The number of aromatic nitrogens is 4. The molecule has 0 radical (unpaired) electrons. The largest absolute Gasteiger partial charge is 0.494 e. The normalized spacial score (nSPS) is 14.5. The third-order valence-corrected chi connectivity index (χ3v) is 6.27. The van der Waals surface area contributed by atoms with Crippen LogP contribution in [0.25, 0.3) is 17.2 Å². The van der Waals surface area contributed by atoms with Gasteiger partial charge in [0.25, 0.3) is 0 Å². The zero-order valence-corrected chi connectivity index (χ0v) is 20.3. The minimum absolute atomic E-state index is 0.300. The number of furan rings is 1.